The number of carbonyl (C=O) groups is 1. The highest BCUT2D eigenvalue weighted by molar-refractivity contribution is 14.1. The first kappa shape index (κ1) is 14.7. The van der Waals surface area contributed by atoms with Gasteiger partial charge < -0.3 is 5.32 Å². The molecular formula is C9H7BrF3IN2O. The van der Waals surface area contributed by atoms with Gasteiger partial charge in [0.1, 0.15) is 10.5 Å². The Kier molecular flexibility index (Phi) is 4.76. The largest absolute Gasteiger partial charge is 0.400 e. The molecule has 1 amide bonds. The number of nitrogens with zero attached hydrogens (tertiary/aromatic N) is 1. The van der Waals surface area contributed by atoms with Crippen LogP contribution in [0.3, 0.4) is 0 Å². The number of amides is 1. The molecule has 0 aliphatic carbocycles. The van der Waals surface area contributed by atoms with Crippen LogP contribution in [0, 0.1) is 9.49 Å². The predicted molar refractivity (Wildman–Crippen MR) is 68.5 cm³/mol. The maximum Gasteiger partial charge on any atom is 0.400 e. The van der Waals surface area contributed by atoms with E-state index in [1.54, 1.807) is 0 Å². The summed E-state index contributed by atoms with van der Waals surface area (Å²) in [6, 6.07) is 1.44. The second-order valence-corrected chi connectivity index (χ2v) is 5.05. The molecule has 0 bridgehead atoms. The first-order chi connectivity index (χ1) is 7.73. The molecule has 8 heteroatoms. The summed E-state index contributed by atoms with van der Waals surface area (Å²) in [5, 5.41) is 2.22. The quantitative estimate of drug-likeness (QED) is 0.584. The first-order valence-electron chi connectivity index (χ1n) is 4.41. The number of carbonyl (C=O) groups excluding carboxylic acids is 1. The molecule has 1 unspecified atom stereocenters. The van der Waals surface area contributed by atoms with Crippen LogP contribution in [0.5, 0.6) is 0 Å². The first-order valence-corrected chi connectivity index (χ1v) is 6.28. The average molecular weight is 423 g/mol. The third-order valence-electron chi connectivity index (χ3n) is 1.99. The molecule has 0 aliphatic heterocycles. The van der Waals surface area contributed by atoms with Gasteiger partial charge in [-0.25, -0.2) is 4.98 Å². The summed E-state index contributed by atoms with van der Waals surface area (Å²) in [7, 11) is 0. The second kappa shape index (κ2) is 5.51. The monoisotopic (exact) mass is 422 g/mol. The topological polar surface area (TPSA) is 42.0 Å². The summed E-state index contributed by atoms with van der Waals surface area (Å²) in [5.74, 6) is -3.14. The van der Waals surface area contributed by atoms with Crippen molar-refractivity contribution in [1.29, 1.82) is 0 Å². The normalized spacial score (nSPS) is 13.3. The van der Waals surface area contributed by atoms with Gasteiger partial charge in [0, 0.05) is 6.20 Å². The minimum Gasteiger partial charge on any atom is -0.324 e. The van der Waals surface area contributed by atoms with Crippen molar-refractivity contribution in [1.82, 2.24) is 4.98 Å². The minimum absolute atomic E-state index is 0.300. The number of anilines is 1. The molecular weight excluding hydrogens is 416 g/mol. The van der Waals surface area contributed by atoms with Crippen molar-refractivity contribution < 1.29 is 18.0 Å². The van der Waals surface area contributed by atoms with Crippen LogP contribution in [0.2, 0.25) is 0 Å². The maximum atomic E-state index is 12.3. The van der Waals surface area contributed by atoms with E-state index in [-0.39, 0.29) is 0 Å². The summed E-state index contributed by atoms with van der Waals surface area (Å²) >= 11 is 5.00. The number of pyridine rings is 1. The Bertz CT molecular complexity index is 439. The van der Waals surface area contributed by atoms with Gasteiger partial charge in [-0.05, 0) is 51.5 Å². The molecule has 94 valence electrons. The van der Waals surface area contributed by atoms with E-state index in [1.807, 2.05) is 22.6 Å². The Hall–Kier alpha value is -0.380. The van der Waals surface area contributed by atoms with E-state index in [0.29, 0.717) is 13.9 Å². The lowest BCUT2D eigenvalue weighted by Gasteiger charge is -2.16. The zero-order valence-corrected chi connectivity index (χ0v) is 12.2. The van der Waals surface area contributed by atoms with Crippen LogP contribution in [0.25, 0.3) is 0 Å². The summed E-state index contributed by atoms with van der Waals surface area (Å²) in [6.45, 7) is 0.818. The Morgan fingerprint density at radius 3 is 2.71 bits per heavy atom. The number of aromatic nitrogens is 1. The van der Waals surface area contributed by atoms with Crippen LogP contribution in [-0.2, 0) is 4.79 Å². The molecule has 1 N–H and O–H groups in total. The van der Waals surface area contributed by atoms with Crippen molar-refractivity contribution in [2.75, 3.05) is 5.32 Å². The molecule has 17 heavy (non-hydrogen) atoms. The number of hydrogen-bond donors (Lipinski definition) is 1. The third-order valence-corrected chi connectivity index (χ3v) is 4.42. The minimum atomic E-state index is -4.54. The van der Waals surface area contributed by atoms with Gasteiger partial charge in [-0.15, -0.1) is 0 Å². The number of rotatable bonds is 2. The molecule has 0 aromatic carbocycles. The predicted octanol–water partition coefficient (Wildman–Crippen LogP) is 3.59. The van der Waals surface area contributed by atoms with Crippen LogP contribution in [0.4, 0.5) is 18.9 Å². The fourth-order valence-electron chi connectivity index (χ4n) is 0.904. The molecule has 0 saturated carbocycles. The van der Waals surface area contributed by atoms with Gasteiger partial charge in [-0.3, -0.25) is 4.79 Å². The Balaban J connectivity index is 2.86. The van der Waals surface area contributed by atoms with E-state index in [0.717, 1.165) is 6.92 Å². The summed E-state index contributed by atoms with van der Waals surface area (Å²) < 4.78 is 37.9. The molecule has 3 nitrogen and oxygen atoms in total. The Labute approximate surface area is 117 Å². The maximum absolute atomic E-state index is 12.3. The molecule has 1 heterocycles. The van der Waals surface area contributed by atoms with E-state index in [1.165, 1.54) is 12.3 Å². The fourth-order valence-corrected chi connectivity index (χ4v) is 1.69. The molecule has 1 aromatic heterocycles. The highest BCUT2D eigenvalue weighted by Gasteiger charge is 2.41. The highest BCUT2D eigenvalue weighted by atomic mass is 127. The molecule has 1 atom stereocenters. The van der Waals surface area contributed by atoms with Crippen LogP contribution < -0.4 is 5.32 Å². The molecule has 0 fully saturated rings. The van der Waals surface area contributed by atoms with Crippen molar-refractivity contribution in [3.05, 3.63) is 20.4 Å². The molecule has 1 rings (SSSR count). The average Bonchev–Trinajstić information content (AvgIpc) is 2.22. The zero-order valence-electron chi connectivity index (χ0n) is 8.48. The van der Waals surface area contributed by atoms with E-state index >= 15 is 0 Å². The lowest BCUT2D eigenvalue weighted by molar-refractivity contribution is -0.175. The van der Waals surface area contributed by atoms with Gasteiger partial charge in [0.15, 0.2) is 0 Å². The zero-order chi connectivity index (χ0) is 13.2. The van der Waals surface area contributed by atoms with Gasteiger partial charge in [-0.1, -0.05) is 0 Å². The van der Waals surface area contributed by atoms with Crippen molar-refractivity contribution >= 4 is 50.1 Å². The Morgan fingerprint density at radius 1 is 1.59 bits per heavy atom. The van der Waals surface area contributed by atoms with Gasteiger partial charge in [0.05, 0.1) is 9.26 Å². The van der Waals surface area contributed by atoms with Crippen molar-refractivity contribution in [3.63, 3.8) is 0 Å². The smallest absolute Gasteiger partial charge is 0.324 e. The molecule has 0 saturated heterocycles. The van der Waals surface area contributed by atoms with Gasteiger partial charge in [-0.2, -0.15) is 13.2 Å². The summed E-state index contributed by atoms with van der Waals surface area (Å²) in [6.07, 6.45) is -3.15. The summed E-state index contributed by atoms with van der Waals surface area (Å²) in [4.78, 5) is 15.2. The second-order valence-electron chi connectivity index (χ2n) is 3.22. The SMILES string of the molecule is CC(C(=O)Nc1ccnc(Br)c1I)C(F)(F)F. The lowest BCUT2D eigenvalue weighted by atomic mass is 10.1. The van der Waals surface area contributed by atoms with E-state index < -0.39 is 18.0 Å². The number of halogens is 5. The number of hydrogen-bond acceptors (Lipinski definition) is 2. The molecule has 0 spiro atoms. The van der Waals surface area contributed by atoms with Crippen LogP contribution >= 0.6 is 38.5 Å². The van der Waals surface area contributed by atoms with Crippen molar-refractivity contribution in [2.24, 2.45) is 5.92 Å². The van der Waals surface area contributed by atoms with Crippen LogP contribution in [0.15, 0.2) is 16.9 Å². The fraction of sp³-hybridized carbons (Fsp3) is 0.333. The van der Waals surface area contributed by atoms with Gasteiger partial charge in [0.2, 0.25) is 5.91 Å². The highest BCUT2D eigenvalue weighted by Crippen LogP contribution is 2.29. The van der Waals surface area contributed by atoms with Crippen molar-refractivity contribution in [3.8, 4) is 0 Å². The van der Waals surface area contributed by atoms with Crippen molar-refractivity contribution in [2.45, 2.75) is 13.1 Å². The molecule has 0 aliphatic rings. The number of alkyl halides is 3. The van der Waals surface area contributed by atoms with E-state index in [2.05, 4.69) is 26.2 Å². The standard InChI is InChI=1S/C9H7BrF3IN2O/c1-4(9(11,12)13)8(17)16-5-2-3-15-7(10)6(5)14/h2-4H,1H3,(H,15,16,17). The summed E-state index contributed by atoms with van der Waals surface area (Å²) in [5.41, 5.74) is 0.300. The molecule has 1 aromatic rings. The van der Waals surface area contributed by atoms with E-state index in [9.17, 15) is 18.0 Å². The van der Waals surface area contributed by atoms with Crippen LogP contribution in [0.1, 0.15) is 6.92 Å². The number of nitrogens with one attached hydrogen (secondary N) is 1. The lowest BCUT2D eigenvalue weighted by Crippen LogP contribution is -2.32. The van der Waals surface area contributed by atoms with Gasteiger partial charge >= 0.3 is 6.18 Å². The van der Waals surface area contributed by atoms with Crippen LogP contribution in [-0.4, -0.2) is 17.1 Å². The third kappa shape index (κ3) is 3.80. The van der Waals surface area contributed by atoms with Gasteiger partial charge in [0.25, 0.3) is 0 Å². The molecule has 0 radical (unpaired) electrons. The Morgan fingerprint density at radius 2 is 2.18 bits per heavy atom. The van der Waals surface area contributed by atoms with E-state index in [4.69, 9.17) is 0 Å².